The monoisotopic (exact) mass is 428 g/mol. The van der Waals surface area contributed by atoms with E-state index in [0.29, 0.717) is 0 Å². The molecule has 4 heteroatoms. The molecule has 0 spiro atoms. The molecule has 0 amide bonds. The topological polar surface area (TPSA) is 36.3 Å². The second kappa shape index (κ2) is 7.10. The Kier molecular flexibility index (Phi) is 3.94. The van der Waals surface area contributed by atoms with Crippen LogP contribution in [0, 0.1) is 0 Å². The van der Waals surface area contributed by atoms with Gasteiger partial charge < -0.3 is 14.0 Å². The van der Waals surface area contributed by atoms with E-state index in [1.807, 2.05) is 54.7 Å². The molecule has 7 rings (SSSR count). The third-order valence-electron chi connectivity index (χ3n) is 6.39. The largest absolute Gasteiger partial charge is 0.449 e. The van der Waals surface area contributed by atoms with Crippen molar-refractivity contribution >= 4 is 17.0 Å². The number of pyridine rings is 1. The molecule has 0 radical (unpaired) electrons. The van der Waals surface area contributed by atoms with Gasteiger partial charge in [-0.15, -0.1) is 0 Å². The number of hydrogen-bond donors (Lipinski definition) is 0. The van der Waals surface area contributed by atoms with E-state index < -0.39 is 0 Å². The zero-order valence-corrected chi connectivity index (χ0v) is 17.9. The molecule has 3 aromatic carbocycles. The van der Waals surface area contributed by atoms with Gasteiger partial charge in [-0.05, 0) is 61.4 Å². The third kappa shape index (κ3) is 2.81. The average Bonchev–Trinajstić information content (AvgIpc) is 3.23. The molecule has 5 aromatic rings. The minimum absolute atomic E-state index is 0.740. The summed E-state index contributed by atoms with van der Waals surface area (Å²) in [6.07, 6.45) is 8.33. The van der Waals surface area contributed by atoms with Gasteiger partial charge in [-0.3, -0.25) is 4.98 Å². The molecule has 0 atom stereocenters. The Hall–Kier alpha value is -4.31. The summed E-state index contributed by atoms with van der Waals surface area (Å²) < 4.78 is 15.0. The maximum atomic E-state index is 6.44. The Morgan fingerprint density at radius 3 is 2.39 bits per heavy atom. The number of benzene rings is 3. The van der Waals surface area contributed by atoms with Gasteiger partial charge in [0.1, 0.15) is 5.52 Å². The minimum Gasteiger partial charge on any atom is -0.449 e. The van der Waals surface area contributed by atoms with Crippen molar-refractivity contribution in [3.8, 4) is 39.9 Å². The van der Waals surface area contributed by atoms with E-state index in [4.69, 9.17) is 9.47 Å². The molecule has 0 fully saturated rings. The van der Waals surface area contributed by atoms with Crippen molar-refractivity contribution in [1.82, 2.24) is 9.55 Å². The van der Waals surface area contributed by atoms with Crippen molar-refractivity contribution < 1.29 is 9.47 Å². The summed E-state index contributed by atoms with van der Waals surface area (Å²) >= 11 is 0. The fourth-order valence-corrected chi connectivity index (χ4v) is 4.88. The van der Waals surface area contributed by atoms with E-state index in [2.05, 4.69) is 52.0 Å². The third-order valence-corrected chi connectivity index (χ3v) is 6.39. The molecule has 1 aliphatic carbocycles. The Morgan fingerprint density at radius 1 is 0.758 bits per heavy atom. The van der Waals surface area contributed by atoms with Gasteiger partial charge in [0.2, 0.25) is 0 Å². The zero-order chi connectivity index (χ0) is 21.8. The highest BCUT2D eigenvalue weighted by atomic mass is 16.6. The number of ether oxygens (including phenoxy) is 2. The summed E-state index contributed by atoms with van der Waals surface area (Å²) in [5.74, 6) is 2.99. The van der Waals surface area contributed by atoms with Crippen LogP contribution in [0.5, 0.6) is 23.0 Å². The second-order valence-electron chi connectivity index (χ2n) is 8.34. The van der Waals surface area contributed by atoms with Crippen LogP contribution in [0.4, 0.5) is 0 Å². The molecule has 0 N–H and O–H groups in total. The normalized spacial score (nSPS) is 13.6. The van der Waals surface area contributed by atoms with Gasteiger partial charge in [-0.2, -0.15) is 0 Å². The van der Waals surface area contributed by atoms with Crippen LogP contribution in [-0.4, -0.2) is 9.55 Å². The Balaban J connectivity index is 1.45. The van der Waals surface area contributed by atoms with Gasteiger partial charge in [0, 0.05) is 34.1 Å². The molecule has 0 saturated heterocycles. The predicted octanol–water partition coefficient (Wildman–Crippen LogP) is 7.55. The molecule has 0 unspecified atom stereocenters. The smallest absolute Gasteiger partial charge is 0.194 e. The minimum atomic E-state index is 0.740. The highest BCUT2D eigenvalue weighted by Gasteiger charge is 2.27. The van der Waals surface area contributed by atoms with Gasteiger partial charge in [0.15, 0.2) is 23.0 Å². The lowest BCUT2D eigenvalue weighted by Gasteiger charge is -2.22. The lowest BCUT2D eigenvalue weighted by molar-refractivity contribution is 0.362. The lowest BCUT2D eigenvalue weighted by Crippen LogP contribution is -2.05. The molecule has 3 heterocycles. The van der Waals surface area contributed by atoms with Gasteiger partial charge >= 0.3 is 0 Å². The van der Waals surface area contributed by atoms with E-state index >= 15 is 0 Å². The summed E-state index contributed by atoms with van der Waals surface area (Å²) in [5.41, 5.74) is 6.78. The van der Waals surface area contributed by atoms with Crippen LogP contribution in [0.2, 0.25) is 0 Å². The molecule has 4 nitrogen and oxygen atoms in total. The maximum absolute atomic E-state index is 6.44. The summed E-state index contributed by atoms with van der Waals surface area (Å²) in [4.78, 5) is 4.49. The van der Waals surface area contributed by atoms with E-state index in [-0.39, 0.29) is 0 Å². The fourth-order valence-electron chi connectivity index (χ4n) is 4.88. The number of nitrogens with zero attached hydrogens (tertiary/aromatic N) is 2. The SMILES string of the molecule is C1=Cc2c(n(-c3ccc(-c4ccccn4)cc3)c3c4c(ccc23)Oc2ccccc2O4)CC1. The summed E-state index contributed by atoms with van der Waals surface area (Å²) in [6.45, 7) is 0. The Bertz CT molecular complexity index is 1550. The first kappa shape index (κ1) is 18.3. The molecular formula is C29H20N2O2. The van der Waals surface area contributed by atoms with Crippen molar-refractivity contribution in [1.29, 1.82) is 0 Å². The average molecular weight is 428 g/mol. The number of rotatable bonds is 2. The van der Waals surface area contributed by atoms with Crippen molar-refractivity contribution in [2.75, 3.05) is 0 Å². The molecule has 1 aliphatic heterocycles. The zero-order valence-electron chi connectivity index (χ0n) is 17.9. The first-order valence-electron chi connectivity index (χ1n) is 11.2. The van der Waals surface area contributed by atoms with Crippen LogP contribution in [-0.2, 0) is 6.42 Å². The van der Waals surface area contributed by atoms with Crippen LogP contribution in [0.3, 0.4) is 0 Å². The lowest BCUT2D eigenvalue weighted by atomic mass is 10.0. The molecule has 2 aliphatic rings. The number of fused-ring (bicyclic) bond motifs is 6. The highest BCUT2D eigenvalue weighted by Crippen LogP contribution is 2.50. The van der Waals surface area contributed by atoms with E-state index in [1.165, 1.54) is 16.6 Å². The van der Waals surface area contributed by atoms with Crippen molar-refractivity contribution in [2.45, 2.75) is 12.8 Å². The summed E-state index contributed by atoms with van der Waals surface area (Å²) in [6, 6.07) is 26.6. The molecule has 158 valence electrons. The van der Waals surface area contributed by atoms with Crippen LogP contribution < -0.4 is 9.47 Å². The van der Waals surface area contributed by atoms with Gasteiger partial charge in [-0.25, -0.2) is 0 Å². The number of para-hydroxylation sites is 2. The fraction of sp³-hybridized carbons (Fsp3) is 0.0690. The second-order valence-corrected chi connectivity index (χ2v) is 8.34. The number of hydrogen-bond acceptors (Lipinski definition) is 3. The van der Waals surface area contributed by atoms with E-state index in [0.717, 1.165) is 58.3 Å². The summed E-state index contributed by atoms with van der Waals surface area (Å²) in [7, 11) is 0. The molecule has 0 bridgehead atoms. The van der Waals surface area contributed by atoms with Crippen LogP contribution >= 0.6 is 0 Å². The number of allylic oxidation sites excluding steroid dienone is 1. The predicted molar refractivity (Wildman–Crippen MR) is 130 cm³/mol. The quantitative estimate of drug-likeness (QED) is 0.286. The van der Waals surface area contributed by atoms with Gasteiger partial charge in [0.25, 0.3) is 0 Å². The molecular weight excluding hydrogens is 408 g/mol. The van der Waals surface area contributed by atoms with Crippen molar-refractivity contribution in [2.24, 2.45) is 0 Å². The first-order chi connectivity index (χ1) is 16.4. The summed E-state index contributed by atoms with van der Waals surface area (Å²) in [5, 5.41) is 1.18. The van der Waals surface area contributed by atoms with Crippen LogP contribution in [0.25, 0.3) is 33.9 Å². The molecule has 0 saturated carbocycles. The standard InChI is InChI=1S/C29H20N2O2/c1-2-9-24-21(7-1)22-16-17-27-29(33-26-11-4-3-10-25(26)32-27)28(22)31(24)20-14-12-19(13-15-20)23-8-5-6-18-30-23/h1,3-8,10-18H,2,9H2. The van der Waals surface area contributed by atoms with Crippen LogP contribution in [0.1, 0.15) is 17.7 Å². The highest BCUT2D eigenvalue weighted by molar-refractivity contribution is 5.99. The Morgan fingerprint density at radius 2 is 1.58 bits per heavy atom. The molecule has 2 aromatic heterocycles. The number of aromatic nitrogens is 2. The van der Waals surface area contributed by atoms with Gasteiger partial charge in [-0.1, -0.05) is 42.5 Å². The van der Waals surface area contributed by atoms with Gasteiger partial charge in [0.05, 0.1) is 5.69 Å². The Labute approximate surface area is 191 Å². The van der Waals surface area contributed by atoms with Crippen molar-refractivity contribution in [3.63, 3.8) is 0 Å². The van der Waals surface area contributed by atoms with Crippen LogP contribution in [0.15, 0.2) is 91.1 Å². The van der Waals surface area contributed by atoms with E-state index in [9.17, 15) is 0 Å². The first-order valence-corrected chi connectivity index (χ1v) is 11.2. The maximum Gasteiger partial charge on any atom is 0.194 e. The molecule has 33 heavy (non-hydrogen) atoms. The van der Waals surface area contributed by atoms with Crippen molar-refractivity contribution in [3.05, 3.63) is 102 Å². The van der Waals surface area contributed by atoms with E-state index in [1.54, 1.807) is 0 Å².